The molecule has 2 amide bonds. The third-order valence-electron chi connectivity index (χ3n) is 12.4. The number of amides is 2. The van der Waals surface area contributed by atoms with E-state index in [1.165, 1.54) is 12.1 Å². The van der Waals surface area contributed by atoms with Crippen molar-refractivity contribution < 1.29 is 71.1 Å². The number of carbonyl (C=O) groups excluding carboxylic acids is 3. The number of rotatable bonds is 38. The lowest BCUT2D eigenvalue weighted by molar-refractivity contribution is -0.385. The van der Waals surface area contributed by atoms with Crippen LogP contribution in [0.15, 0.2) is 36.4 Å². The van der Waals surface area contributed by atoms with E-state index in [2.05, 4.69) is 31.0 Å². The maximum absolute atomic E-state index is 14.1. The molecule has 0 saturated carbocycles. The summed E-state index contributed by atoms with van der Waals surface area (Å²) in [6.45, 7) is 25.1. The molecule has 0 aromatic heterocycles. The molecule has 2 unspecified atom stereocenters. The molecular formula is C55H89ClFN5O15. The summed E-state index contributed by atoms with van der Waals surface area (Å²) in [5, 5.41) is 14.4. The number of halogens is 2. The lowest BCUT2D eigenvalue weighted by Crippen LogP contribution is -2.64. The first kappa shape index (κ1) is 67.3. The van der Waals surface area contributed by atoms with E-state index in [1.54, 1.807) is 21.9 Å². The number of esters is 1. The van der Waals surface area contributed by atoms with Crippen molar-refractivity contribution in [1.82, 2.24) is 20.0 Å². The number of carbonyl (C=O) groups is 3. The van der Waals surface area contributed by atoms with E-state index >= 15 is 0 Å². The van der Waals surface area contributed by atoms with E-state index < -0.39 is 5.82 Å². The first-order chi connectivity index (χ1) is 37.1. The number of benzene rings is 2. The van der Waals surface area contributed by atoms with E-state index in [-0.39, 0.29) is 70.5 Å². The van der Waals surface area contributed by atoms with Gasteiger partial charge in [-0.05, 0) is 84.1 Å². The third kappa shape index (κ3) is 29.2. The molecule has 0 radical (unpaired) electrons. The first-order valence-corrected chi connectivity index (χ1v) is 27.6. The standard InChI is InChI=1S/C35H56ClFN4O8.C20H33NO7/c1-5-45-17-18-47-21-22-48-20-19-46-15-6-7-33(43)49-16-10-28-25-39(34(44)31-26-40(12-11-38-31)35(2,3)4)13-14-41(28)32(42)24-27-8-9-29(36)30(37)23-27;1-3-24-9-10-26-13-14-28-16-15-27-12-11-25-8-4-5-19-7-6-18(2)17-20(19)21(22)23/h8-9,23,28,31,38H,5-7,10-22,24-26H2,1-4H3;6-7,17H,3-5,8-16H2,1-2H3. The second-order valence-corrected chi connectivity index (χ2v) is 19.8. The van der Waals surface area contributed by atoms with Gasteiger partial charge in [0.25, 0.3) is 5.69 Å². The van der Waals surface area contributed by atoms with Gasteiger partial charge in [0.15, 0.2) is 0 Å². The Labute approximate surface area is 461 Å². The highest BCUT2D eigenvalue weighted by molar-refractivity contribution is 6.30. The van der Waals surface area contributed by atoms with Crippen LogP contribution in [0.3, 0.4) is 0 Å². The first-order valence-electron chi connectivity index (χ1n) is 27.2. The molecule has 2 aliphatic heterocycles. The molecule has 2 aliphatic rings. The van der Waals surface area contributed by atoms with Crippen LogP contribution in [0.1, 0.15) is 77.0 Å². The Morgan fingerprint density at radius 3 is 1.79 bits per heavy atom. The molecule has 0 spiro atoms. The van der Waals surface area contributed by atoms with Gasteiger partial charge in [0, 0.05) is 95.7 Å². The second kappa shape index (κ2) is 40.2. The number of hydrogen-bond acceptors (Lipinski definition) is 17. The molecule has 22 heteroatoms. The molecule has 1 N–H and O–H groups in total. The van der Waals surface area contributed by atoms with E-state index in [0.717, 1.165) is 24.1 Å². The summed E-state index contributed by atoms with van der Waals surface area (Å²) >= 11 is 5.83. The van der Waals surface area contributed by atoms with Gasteiger partial charge >= 0.3 is 5.97 Å². The number of aryl methyl sites for hydroxylation is 2. The number of nitrogens with one attached hydrogen (secondary N) is 1. The average Bonchev–Trinajstić information content (AvgIpc) is 3.41. The highest BCUT2D eigenvalue weighted by Crippen LogP contribution is 2.23. The summed E-state index contributed by atoms with van der Waals surface area (Å²) in [6, 6.07) is 8.96. The van der Waals surface area contributed by atoms with Crippen LogP contribution in [0.5, 0.6) is 0 Å². The van der Waals surface area contributed by atoms with E-state index in [9.17, 15) is 28.9 Å². The molecule has 0 bridgehead atoms. The van der Waals surface area contributed by atoms with Crippen LogP contribution in [0.2, 0.25) is 5.02 Å². The zero-order valence-corrected chi connectivity index (χ0v) is 47.5. The van der Waals surface area contributed by atoms with Crippen molar-refractivity contribution in [3.63, 3.8) is 0 Å². The van der Waals surface area contributed by atoms with Crippen molar-refractivity contribution in [3.8, 4) is 0 Å². The maximum atomic E-state index is 14.1. The molecule has 438 valence electrons. The minimum absolute atomic E-state index is 0.000870. The van der Waals surface area contributed by atoms with Gasteiger partial charge in [0.1, 0.15) is 5.82 Å². The zero-order valence-electron chi connectivity index (χ0n) is 46.7. The van der Waals surface area contributed by atoms with Crippen LogP contribution in [-0.2, 0) is 74.6 Å². The number of nitro groups is 1. The van der Waals surface area contributed by atoms with Crippen molar-refractivity contribution in [1.29, 1.82) is 0 Å². The Hall–Kier alpha value is -3.97. The number of hydrogen-bond donors (Lipinski definition) is 1. The Morgan fingerprint density at radius 2 is 1.26 bits per heavy atom. The van der Waals surface area contributed by atoms with E-state index in [4.69, 9.17) is 59.0 Å². The SMILES string of the molecule is CCOCCOCCOCCOCCCC(=O)OCCC1CN(C(=O)C2CN(C(C)(C)C)CCN2)CCN1C(=O)Cc1ccc(Cl)c(F)c1.CCOCCOCCOCCOCCOCCCc1ccc(C)cc1[N+](=O)[O-]. The van der Waals surface area contributed by atoms with E-state index in [1.807, 2.05) is 32.9 Å². The van der Waals surface area contributed by atoms with Crippen LogP contribution in [-0.4, -0.2) is 220 Å². The molecule has 2 aromatic rings. The summed E-state index contributed by atoms with van der Waals surface area (Å²) in [5.41, 5.74) is 2.28. The molecule has 4 rings (SSSR count). The Balaban J connectivity index is 0.000000473. The highest BCUT2D eigenvalue weighted by Gasteiger charge is 2.38. The zero-order chi connectivity index (χ0) is 56.1. The average molecular weight is 1110 g/mol. The van der Waals surface area contributed by atoms with Gasteiger partial charge < -0.3 is 62.5 Å². The largest absolute Gasteiger partial charge is 0.466 e. The molecule has 2 aromatic carbocycles. The quantitative estimate of drug-likeness (QED) is 0.0361. The summed E-state index contributed by atoms with van der Waals surface area (Å²) in [4.78, 5) is 56.2. The topological polar surface area (TPSA) is 208 Å². The monoisotopic (exact) mass is 1110 g/mol. The van der Waals surface area contributed by atoms with Crippen LogP contribution >= 0.6 is 11.6 Å². The minimum atomic E-state index is -0.580. The molecular weight excluding hydrogens is 1030 g/mol. The fraction of sp³-hybridized carbons (Fsp3) is 0.727. The van der Waals surface area contributed by atoms with Crippen LogP contribution < -0.4 is 5.32 Å². The molecule has 2 saturated heterocycles. The number of piperazine rings is 2. The molecule has 20 nitrogen and oxygen atoms in total. The Morgan fingerprint density at radius 1 is 0.714 bits per heavy atom. The van der Waals surface area contributed by atoms with Crippen LogP contribution in [0.4, 0.5) is 10.1 Å². The number of nitrogens with zero attached hydrogens (tertiary/aromatic N) is 4. The fourth-order valence-electron chi connectivity index (χ4n) is 8.25. The van der Waals surface area contributed by atoms with Crippen molar-refractivity contribution in [2.75, 3.05) is 165 Å². The van der Waals surface area contributed by atoms with Gasteiger partial charge in [-0.15, -0.1) is 0 Å². The third-order valence-corrected chi connectivity index (χ3v) is 12.8. The lowest BCUT2D eigenvalue weighted by atomic mass is 10.0. The van der Waals surface area contributed by atoms with Gasteiger partial charge in [0.05, 0.1) is 128 Å². The predicted molar refractivity (Wildman–Crippen MR) is 290 cm³/mol. The number of nitro benzene ring substituents is 1. The Bertz CT molecular complexity index is 1970. The predicted octanol–water partition coefficient (Wildman–Crippen LogP) is 5.87. The molecule has 2 atom stereocenters. The van der Waals surface area contributed by atoms with Gasteiger partial charge in [-0.1, -0.05) is 29.8 Å². The van der Waals surface area contributed by atoms with Crippen LogP contribution in [0.25, 0.3) is 0 Å². The number of ether oxygens (including phenoxy) is 10. The van der Waals surface area contributed by atoms with Gasteiger partial charge in [-0.2, -0.15) is 0 Å². The Kier molecular flexibility index (Phi) is 35.2. The van der Waals surface area contributed by atoms with Gasteiger partial charge in [-0.3, -0.25) is 29.4 Å². The molecule has 2 heterocycles. The van der Waals surface area contributed by atoms with Crippen molar-refractivity contribution in [2.45, 2.75) is 97.7 Å². The maximum Gasteiger partial charge on any atom is 0.305 e. The van der Waals surface area contributed by atoms with Crippen LogP contribution in [0, 0.1) is 22.9 Å². The normalized spacial score (nSPS) is 16.1. The summed E-state index contributed by atoms with van der Waals surface area (Å²) in [7, 11) is 0. The van der Waals surface area contributed by atoms with Crippen molar-refractivity contribution in [3.05, 3.63) is 74.0 Å². The summed E-state index contributed by atoms with van der Waals surface area (Å²) in [6.07, 6.45) is 2.43. The van der Waals surface area contributed by atoms with Gasteiger partial charge in [0.2, 0.25) is 11.8 Å². The molecule has 2 fully saturated rings. The lowest BCUT2D eigenvalue weighted by Gasteiger charge is -2.45. The summed E-state index contributed by atoms with van der Waals surface area (Å²) < 4.78 is 68.0. The molecule has 77 heavy (non-hydrogen) atoms. The minimum Gasteiger partial charge on any atom is -0.466 e. The van der Waals surface area contributed by atoms with Gasteiger partial charge in [-0.25, -0.2) is 4.39 Å². The van der Waals surface area contributed by atoms with E-state index in [0.29, 0.717) is 176 Å². The van der Waals surface area contributed by atoms with Crippen molar-refractivity contribution in [2.24, 2.45) is 0 Å². The highest BCUT2D eigenvalue weighted by atomic mass is 35.5. The smallest absolute Gasteiger partial charge is 0.305 e. The summed E-state index contributed by atoms with van der Waals surface area (Å²) in [5.74, 6) is -1.12. The second-order valence-electron chi connectivity index (χ2n) is 19.4. The fourth-order valence-corrected chi connectivity index (χ4v) is 8.37. The molecule has 0 aliphatic carbocycles. The van der Waals surface area contributed by atoms with Crippen molar-refractivity contribution >= 4 is 35.1 Å².